The topological polar surface area (TPSA) is 48.9 Å². The fourth-order valence-electron chi connectivity index (χ4n) is 3.51. The van der Waals surface area contributed by atoms with E-state index >= 15 is 0 Å². The summed E-state index contributed by atoms with van der Waals surface area (Å²) in [6.07, 6.45) is 1.18. The van der Waals surface area contributed by atoms with Crippen LogP contribution < -0.4 is 20.3 Å². The smallest absolute Gasteiger partial charge is 0.191 e. The fraction of sp³-hybridized carbons (Fsp3) is 0.409. The van der Waals surface area contributed by atoms with Crippen LogP contribution in [0, 0.1) is 5.92 Å². The number of nitrogens with one attached hydrogen (secondary N) is 2. The van der Waals surface area contributed by atoms with Crippen molar-refractivity contribution in [3.05, 3.63) is 60.2 Å². The van der Waals surface area contributed by atoms with E-state index in [1.165, 1.54) is 17.7 Å². The normalized spacial score (nSPS) is 17.6. The van der Waals surface area contributed by atoms with Crippen LogP contribution in [0.3, 0.4) is 0 Å². The Labute approximate surface area is 185 Å². The summed E-state index contributed by atoms with van der Waals surface area (Å²) in [6, 6.07) is 19.0. The van der Waals surface area contributed by atoms with Crippen molar-refractivity contribution in [3.63, 3.8) is 0 Å². The maximum absolute atomic E-state index is 5.35. The zero-order valence-corrected chi connectivity index (χ0v) is 19.2. The van der Waals surface area contributed by atoms with Crippen molar-refractivity contribution in [2.75, 3.05) is 38.7 Å². The molecule has 0 spiro atoms. The summed E-state index contributed by atoms with van der Waals surface area (Å²) >= 11 is 0. The van der Waals surface area contributed by atoms with Gasteiger partial charge in [-0.3, -0.25) is 4.99 Å². The van der Waals surface area contributed by atoms with Crippen molar-refractivity contribution in [2.45, 2.75) is 19.4 Å². The number of guanidine groups is 1. The second-order valence-corrected chi connectivity index (χ2v) is 7.03. The van der Waals surface area contributed by atoms with E-state index in [9.17, 15) is 0 Å². The molecule has 2 aromatic rings. The molecule has 2 N–H and O–H groups in total. The molecule has 3 rings (SSSR count). The van der Waals surface area contributed by atoms with Crippen molar-refractivity contribution in [1.82, 2.24) is 10.6 Å². The highest BCUT2D eigenvalue weighted by Crippen LogP contribution is 2.26. The van der Waals surface area contributed by atoms with Crippen LogP contribution in [0.25, 0.3) is 0 Å². The molecule has 152 valence electrons. The predicted molar refractivity (Wildman–Crippen MR) is 128 cm³/mol. The Balaban J connectivity index is 0.00000280. The van der Waals surface area contributed by atoms with Crippen LogP contribution in [0.4, 0.5) is 5.69 Å². The number of aliphatic imine (C=N–C) groups is 1. The molecule has 1 fully saturated rings. The van der Waals surface area contributed by atoms with Gasteiger partial charge >= 0.3 is 0 Å². The van der Waals surface area contributed by atoms with E-state index < -0.39 is 0 Å². The Morgan fingerprint density at radius 1 is 1.21 bits per heavy atom. The number of nitrogens with zero attached hydrogens (tertiary/aromatic N) is 2. The van der Waals surface area contributed by atoms with Crippen LogP contribution in [0.15, 0.2) is 59.6 Å². The van der Waals surface area contributed by atoms with E-state index in [0.717, 1.165) is 31.3 Å². The highest BCUT2D eigenvalue weighted by Gasteiger charge is 2.23. The van der Waals surface area contributed by atoms with Crippen LogP contribution in [-0.2, 0) is 0 Å². The van der Waals surface area contributed by atoms with Crippen LogP contribution >= 0.6 is 24.0 Å². The van der Waals surface area contributed by atoms with Gasteiger partial charge in [0.1, 0.15) is 5.75 Å². The monoisotopic (exact) mass is 494 g/mol. The molecular weight excluding hydrogens is 463 g/mol. The lowest BCUT2D eigenvalue weighted by Gasteiger charge is -2.21. The van der Waals surface area contributed by atoms with E-state index in [2.05, 4.69) is 69.9 Å². The molecule has 1 aliphatic heterocycles. The second kappa shape index (κ2) is 11.1. The maximum atomic E-state index is 5.35. The molecule has 0 radical (unpaired) electrons. The minimum absolute atomic E-state index is 0. The standard InChI is InChI=1S/C22H30N4O.HI/c1-17(19-8-5-4-6-9-19)25-22(23-2)24-15-18-12-13-26(16-18)20-10-7-11-21(14-20)27-3;/h4-11,14,17-18H,12-13,15-16H2,1-3H3,(H2,23,24,25);1H. The van der Waals surface area contributed by atoms with Gasteiger partial charge in [-0.05, 0) is 37.0 Å². The van der Waals surface area contributed by atoms with Gasteiger partial charge in [-0.15, -0.1) is 24.0 Å². The van der Waals surface area contributed by atoms with E-state index in [4.69, 9.17) is 4.74 Å². The highest BCUT2D eigenvalue weighted by atomic mass is 127. The summed E-state index contributed by atoms with van der Waals surface area (Å²) in [5.74, 6) is 2.36. The first kappa shape index (κ1) is 22.3. The first-order valence-electron chi connectivity index (χ1n) is 9.60. The molecule has 2 unspecified atom stereocenters. The molecule has 1 saturated heterocycles. The van der Waals surface area contributed by atoms with Gasteiger partial charge in [-0.25, -0.2) is 0 Å². The van der Waals surface area contributed by atoms with E-state index in [1.807, 2.05) is 19.2 Å². The lowest BCUT2D eigenvalue weighted by atomic mass is 10.1. The average Bonchev–Trinajstić information content (AvgIpc) is 3.20. The molecule has 2 aromatic carbocycles. The molecule has 0 bridgehead atoms. The molecule has 0 aliphatic carbocycles. The third-order valence-electron chi connectivity index (χ3n) is 5.14. The third-order valence-corrected chi connectivity index (χ3v) is 5.14. The molecule has 2 atom stereocenters. The number of hydrogen-bond donors (Lipinski definition) is 2. The molecule has 1 aliphatic rings. The molecular formula is C22H31IN4O. The van der Waals surface area contributed by atoms with Gasteiger partial charge in [0, 0.05) is 38.4 Å². The SMILES string of the molecule is CN=C(NCC1CCN(c2cccc(OC)c2)C1)NC(C)c1ccccc1.I. The Kier molecular flexibility index (Phi) is 8.89. The molecule has 1 heterocycles. The minimum atomic E-state index is 0. The first-order chi connectivity index (χ1) is 13.2. The highest BCUT2D eigenvalue weighted by molar-refractivity contribution is 14.0. The van der Waals surface area contributed by atoms with Crippen molar-refractivity contribution in [2.24, 2.45) is 10.9 Å². The number of methoxy groups -OCH3 is 1. The van der Waals surface area contributed by atoms with Crippen LogP contribution in [0.5, 0.6) is 5.75 Å². The Morgan fingerprint density at radius 3 is 2.71 bits per heavy atom. The van der Waals surface area contributed by atoms with Crippen molar-refractivity contribution < 1.29 is 4.74 Å². The predicted octanol–water partition coefficient (Wildman–Crippen LogP) is 4.07. The molecule has 0 saturated carbocycles. The van der Waals surface area contributed by atoms with E-state index in [-0.39, 0.29) is 30.0 Å². The second-order valence-electron chi connectivity index (χ2n) is 7.03. The molecule has 6 heteroatoms. The summed E-state index contributed by atoms with van der Waals surface area (Å²) in [6.45, 7) is 5.20. The van der Waals surface area contributed by atoms with E-state index in [0.29, 0.717) is 5.92 Å². The summed E-state index contributed by atoms with van der Waals surface area (Å²) in [4.78, 5) is 6.81. The number of halogens is 1. The van der Waals surface area contributed by atoms with Gasteiger partial charge in [-0.2, -0.15) is 0 Å². The average molecular weight is 494 g/mol. The number of rotatable bonds is 6. The fourth-order valence-corrected chi connectivity index (χ4v) is 3.51. The zero-order valence-electron chi connectivity index (χ0n) is 16.9. The van der Waals surface area contributed by atoms with Crippen LogP contribution in [-0.4, -0.2) is 39.8 Å². The molecule has 28 heavy (non-hydrogen) atoms. The first-order valence-corrected chi connectivity index (χ1v) is 9.60. The molecule has 0 aromatic heterocycles. The van der Waals surface area contributed by atoms with Gasteiger partial charge in [0.15, 0.2) is 5.96 Å². The number of anilines is 1. The van der Waals surface area contributed by atoms with Crippen LogP contribution in [0.1, 0.15) is 24.9 Å². The zero-order chi connectivity index (χ0) is 19.1. The van der Waals surface area contributed by atoms with Crippen LogP contribution in [0.2, 0.25) is 0 Å². The van der Waals surface area contributed by atoms with Gasteiger partial charge < -0.3 is 20.3 Å². The van der Waals surface area contributed by atoms with E-state index in [1.54, 1.807) is 7.11 Å². The number of hydrogen-bond acceptors (Lipinski definition) is 3. The lowest BCUT2D eigenvalue weighted by molar-refractivity contribution is 0.415. The van der Waals surface area contributed by atoms with Gasteiger partial charge in [0.2, 0.25) is 0 Å². The Morgan fingerprint density at radius 2 is 2.00 bits per heavy atom. The number of benzene rings is 2. The third kappa shape index (κ3) is 6.02. The summed E-state index contributed by atoms with van der Waals surface area (Å²) in [7, 11) is 3.54. The van der Waals surface area contributed by atoms with Gasteiger partial charge in [0.05, 0.1) is 13.2 Å². The maximum Gasteiger partial charge on any atom is 0.191 e. The number of ether oxygens (including phenoxy) is 1. The van der Waals surface area contributed by atoms with Gasteiger partial charge in [0.25, 0.3) is 0 Å². The Bertz CT molecular complexity index is 753. The summed E-state index contributed by atoms with van der Waals surface area (Å²) < 4.78 is 5.35. The van der Waals surface area contributed by atoms with Crippen molar-refractivity contribution in [1.29, 1.82) is 0 Å². The summed E-state index contributed by atoms with van der Waals surface area (Å²) in [5, 5.41) is 6.97. The van der Waals surface area contributed by atoms with Crippen molar-refractivity contribution >= 4 is 35.6 Å². The molecule has 0 amide bonds. The summed E-state index contributed by atoms with van der Waals surface area (Å²) in [5.41, 5.74) is 2.49. The minimum Gasteiger partial charge on any atom is -0.497 e. The largest absolute Gasteiger partial charge is 0.497 e. The van der Waals surface area contributed by atoms with Crippen molar-refractivity contribution in [3.8, 4) is 5.75 Å². The lowest BCUT2D eigenvalue weighted by Crippen LogP contribution is -2.41. The molecule has 5 nitrogen and oxygen atoms in total. The Hall–Kier alpha value is -1.96. The van der Waals surface area contributed by atoms with Gasteiger partial charge in [-0.1, -0.05) is 36.4 Å². The quantitative estimate of drug-likeness (QED) is 0.361.